The highest BCUT2D eigenvalue weighted by Crippen LogP contribution is 2.17. The van der Waals surface area contributed by atoms with E-state index in [2.05, 4.69) is 5.32 Å². The van der Waals surface area contributed by atoms with E-state index in [-0.39, 0.29) is 23.9 Å². The molecule has 1 aromatic carbocycles. The fourth-order valence-corrected chi connectivity index (χ4v) is 2.12. The predicted molar refractivity (Wildman–Crippen MR) is 82.9 cm³/mol. The van der Waals surface area contributed by atoms with Crippen molar-refractivity contribution in [3.63, 3.8) is 0 Å². The van der Waals surface area contributed by atoms with Gasteiger partial charge >= 0.3 is 0 Å². The highest BCUT2D eigenvalue weighted by molar-refractivity contribution is 6.31. The Kier molecular flexibility index (Phi) is 8.07. The van der Waals surface area contributed by atoms with Crippen molar-refractivity contribution in [2.75, 3.05) is 6.54 Å². The van der Waals surface area contributed by atoms with Crippen LogP contribution in [0, 0.1) is 0 Å². The van der Waals surface area contributed by atoms with Gasteiger partial charge in [-0.2, -0.15) is 0 Å². The van der Waals surface area contributed by atoms with Crippen LogP contribution in [0.4, 0.5) is 0 Å². The van der Waals surface area contributed by atoms with Gasteiger partial charge in [-0.25, -0.2) is 0 Å². The SMILES string of the molecule is CCC(CC)(CN)NC(=O)Cc1ccccc1Cl.Cl. The molecule has 0 fully saturated rings. The minimum atomic E-state index is -0.293. The van der Waals surface area contributed by atoms with Gasteiger partial charge in [0.25, 0.3) is 0 Å². The van der Waals surface area contributed by atoms with E-state index in [9.17, 15) is 4.79 Å². The minimum Gasteiger partial charge on any atom is -0.349 e. The molecule has 0 unspecified atom stereocenters. The maximum absolute atomic E-state index is 12.0. The third-order valence-electron chi connectivity index (χ3n) is 3.46. The second-order valence-electron chi connectivity index (χ2n) is 4.51. The van der Waals surface area contributed by atoms with Crippen LogP contribution in [0.3, 0.4) is 0 Å². The topological polar surface area (TPSA) is 55.1 Å². The Morgan fingerprint density at radius 2 is 1.89 bits per heavy atom. The monoisotopic (exact) mass is 304 g/mol. The molecule has 0 aliphatic carbocycles. The number of nitrogens with one attached hydrogen (secondary N) is 1. The van der Waals surface area contributed by atoms with E-state index in [0.29, 0.717) is 18.0 Å². The quantitative estimate of drug-likeness (QED) is 0.849. The van der Waals surface area contributed by atoms with Crippen LogP contribution in [0.15, 0.2) is 24.3 Å². The first-order valence-electron chi connectivity index (χ1n) is 6.31. The number of carbonyl (C=O) groups is 1. The van der Waals surface area contributed by atoms with Crippen LogP contribution < -0.4 is 11.1 Å². The standard InChI is InChI=1S/C14H21ClN2O.ClH/c1-3-14(4-2,10-16)17-13(18)9-11-7-5-6-8-12(11)15;/h5-8H,3-4,9-10,16H2,1-2H3,(H,17,18);1H. The number of carbonyl (C=O) groups excluding carboxylic acids is 1. The van der Waals surface area contributed by atoms with Crippen LogP contribution >= 0.6 is 24.0 Å². The zero-order valence-electron chi connectivity index (χ0n) is 11.4. The number of hydrogen-bond acceptors (Lipinski definition) is 2. The van der Waals surface area contributed by atoms with Gasteiger partial charge in [-0.15, -0.1) is 12.4 Å². The lowest BCUT2D eigenvalue weighted by atomic mass is 9.92. The molecular weight excluding hydrogens is 283 g/mol. The summed E-state index contributed by atoms with van der Waals surface area (Å²) in [6, 6.07) is 7.39. The van der Waals surface area contributed by atoms with Gasteiger partial charge < -0.3 is 11.1 Å². The summed E-state index contributed by atoms with van der Waals surface area (Å²) in [6.45, 7) is 4.52. The first kappa shape index (κ1) is 18.2. The second-order valence-corrected chi connectivity index (χ2v) is 4.92. The summed E-state index contributed by atoms with van der Waals surface area (Å²) < 4.78 is 0. The molecule has 0 bridgehead atoms. The van der Waals surface area contributed by atoms with E-state index >= 15 is 0 Å². The molecule has 0 radical (unpaired) electrons. The summed E-state index contributed by atoms with van der Waals surface area (Å²) in [5, 5.41) is 3.66. The largest absolute Gasteiger partial charge is 0.349 e. The van der Waals surface area contributed by atoms with E-state index in [4.69, 9.17) is 17.3 Å². The third kappa shape index (κ3) is 5.01. The molecule has 0 spiro atoms. The highest BCUT2D eigenvalue weighted by Gasteiger charge is 2.26. The predicted octanol–water partition coefficient (Wildman–Crippen LogP) is 2.94. The molecule has 0 saturated heterocycles. The summed E-state index contributed by atoms with van der Waals surface area (Å²) in [6.07, 6.45) is 1.95. The van der Waals surface area contributed by atoms with Crippen molar-refractivity contribution in [1.82, 2.24) is 5.32 Å². The van der Waals surface area contributed by atoms with Crippen molar-refractivity contribution >= 4 is 29.9 Å². The zero-order valence-corrected chi connectivity index (χ0v) is 13.0. The molecule has 0 aromatic heterocycles. The summed E-state index contributed by atoms with van der Waals surface area (Å²) in [7, 11) is 0. The summed E-state index contributed by atoms with van der Waals surface area (Å²) in [5.74, 6) is -0.0303. The fourth-order valence-electron chi connectivity index (χ4n) is 1.92. The van der Waals surface area contributed by atoms with Crippen molar-refractivity contribution in [3.05, 3.63) is 34.9 Å². The summed E-state index contributed by atoms with van der Waals surface area (Å²) in [4.78, 5) is 12.0. The molecule has 0 saturated carbocycles. The Labute approximate surface area is 126 Å². The number of halogens is 2. The molecule has 19 heavy (non-hydrogen) atoms. The van der Waals surface area contributed by atoms with Gasteiger partial charge in [-0.3, -0.25) is 4.79 Å². The molecule has 0 aliphatic rings. The van der Waals surface area contributed by atoms with E-state index in [1.807, 2.05) is 32.0 Å². The van der Waals surface area contributed by atoms with Gasteiger partial charge in [0.15, 0.2) is 0 Å². The third-order valence-corrected chi connectivity index (χ3v) is 3.83. The maximum Gasteiger partial charge on any atom is 0.224 e. The lowest BCUT2D eigenvalue weighted by Gasteiger charge is -2.31. The van der Waals surface area contributed by atoms with Crippen molar-refractivity contribution in [1.29, 1.82) is 0 Å². The van der Waals surface area contributed by atoms with Gasteiger partial charge in [-0.1, -0.05) is 43.6 Å². The van der Waals surface area contributed by atoms with Gasteiger partial charge in [0.1, 0.15) is 0 Å². The maximum atomic E-state index is 12.0. The number of hydrogen-bond donors (Lipinski definition) is 2. The van der Waals surface area contributed by atoms with Gasteiger partial charge in [-0.05, 0) is 24.5 Å². The van der Waals surface area contributed by atoms with Crippen molar-refractivity contribution in [3.8, 4) is 0 Å². The molecule has 1 amide bonds. The first-order valence-corrected chi connectivity index (χ1v) is 6.69. The van der Waals surface area contributed by atoms with Gasteiger partial charge in [0.2, 0.25) is 5.91 Å². The summed E-state index contributed by atoms with van der Waals surface area (Å²) in [5.41, 5.74) is 6.31. The average Bonchev–Trinajstić information content (AvgIpc) is 2.39. The van der Waals surface area contributed by atoms with Gasteiger partial charge in [0.05, 0.1) is 12.0 Å². The Morgan fingerprint density at radius 1 is 1.32 bits per heavy atom. The Bertz CT molecular complexity index is 398. The zero-order chi connectivity index (χ0) is 13.6. The molecule has 0 aliphatic heterocycles. The number of nitrogens with two attached hydrogens (primary N) is 1. The first-order chi connectivity index (χ1) is 8.56. The molecule has 0 atom stereocenters. The molecular formula is C14H22Cl2N2O. The molecule has 1 rings (SSSR count). The van der Waals surface area contributed by atoms with E-state index in [0.717, 1.165) is 18.4 Å². The van der Waals surface area contributed by atoms with Crippen LogP contribution in [-0.4, -0.2) is 18.0 Å². The van der Waals surface area contributed by atoms with Crippen molar-refractivity contribution < 1.29 is 4.79 Å². The lowest BCUT2D eigenvalue weighted by Crippen LogP contribution is -2.53. The normalized spacial score (nSPS) is 10.7. The Hall–Kier alpha value is -0.770. The number of rotatable bonds is 6. The number of benzene rings is 1. The molecule has 5 heteroatoms. The van der Waals surface area contributed by atoms with E-state index < -0.39 is 0 Å². The average molecular weight is 305 g/mol. The second kappa shape index (κ2) is 8.41. The molecule has 3 N–H and O–H groups in total. The van der Waals surface area contributed by atoms with E-state index in [1.54, 1.807) is 6.07 Å². The fraction of sp³-hybridized carbons (Fsp3) is 0.500. The van der Waals surface area contributed by atoms with Crippen LogP contribution in [0.5, 0.6) is 0 Å². The molecule has 3 nitrogen and oxygen atoms in total. The van der Waals surface area contributed by atoms with E-state index in [1.165, 1.54) is 0 Å². The Morgan fingerprint density at radius 3 is 2.37 bits per heavy atom. The van der Waals surface area contributed by atoms with Crippen molar-refractivity contribution in [2.45, 2.75) is 38.6 Å². The van der Waals surface area contributed by atoms with Crippen LogP contribution in [0.25, 0.3) is 0 Å². The molecule has 0 heterocycles. The number of amides is 1. The lowest BCUT2D eigenvalue weighted by molar-refractivity contribution is -0.122. The summed E-state index contributed by atoms with van der Waals surface area (Å²) >= 11 is 6.04. The highest BCUT2D eigenvalue weighted by atomic mass is 35.5. The Balaban J connectivity index is 0.00000324. The molecule has 1 aromatic rings. The van der Waals surface area contributed by atoms with Crippen molar-refractivity contribution in [2.24, 2.45) is 5.73 Å². The smallest absolute Gasteiger partial charge is 0.224 e. The minimum absolute atomic E-state index is 0. The van der Waals surface area contributed by atoms with Crippen LogP contribution in [0.1, 0.15) is 32.3 Å². The van der Waals surface area contributed by atoms with Crippen LogP contribution in [-0.2, 0) is 11.2 Å². The molecule has 108 valence electrons. The van der Waals surface area contributed by atoms with Gasteiger partial charge in [0, 0.05) is 11.6 Å². The van der Waals surface area contributed by atoms with Crippen LogP contribution in [0.2, 0.25) is 5.02 Å².